The van der Waals surface area contributed by atoms with Crippen LogP contribution in [0.2, 0.25) is 0 Å². The van der Waals surface area contributed by atoms with Crippen LogP contribution >= 0.6 is 0 Å². The predicted octanol–water partition coefficient (Wildman–Crippen LogP) is 7.27. The Morgan fingerprint density at radius 3 is 2.40 bits per heavy atom. The fraction of sp³-hybridized carbons (Fsp3) is 0.279. The molecule has 3 heterocycles. The summed E-state index contributed by atoms with van der Waals surface area (Å²) in [6.45, 7) is 12.5. The maximum Gasteiger partial charge on any atom is 0.324 e. The first-order chi connectivity index (χ1) is 27.6. The molecule has 1 aliphatic heterocycles. The van der Waals surface area contributed by atoms with Crippen LogP contribution in [-0.4, -0.2) is 83.1 Å². The number of amides is 3. The van der Waals surface area contributed by atoms with E-state index >= 15 is 0 Å². The summed E-state index contributed by atoms with van der Waals surface area (Å²) in [5, 5.41) is 16.9. The number of urea groups is 1. The molecule has 4 aromatic carbocycles. The SMILES string of the molecule is COc1cc(C(=O)NCCN2CCOCC2)cc(N(Oc2ccc(NC(=O)Nc3cc(C(C)(C)C)nn3-c3ccc(C)cc3)c3ccccc23)c2ccncn2)c1. The molecular weight excluding hydrogens is 723 g/mol. The summed E-state index contributed by atoms with van der Waals surface area (Å²) in [7, 11) is 1.55. The Bertz CT molecular complexity index is 2340. The summed E-state index contributed by atoms with van der Waals surface area (Å²) in [5.41, 5.74) is 4.01. The summed E-state index contributed by atoms with van der Waals surface area (Å²) in [4.78, 5) is 44.6. The molecule has 0 unspecified atom stereocenters. The van der Waals surface area contributed by atoms with Crippen molar-refractivity contribution < 1.29 is 23.9 Å². The minimum Gasteiger partial charge on any atom is -0.497 e. The number of morpholine rings is 1. The molecule has 1 fully saturated rings. The van der Waals surface area contributed by atoms with Crippen molar-refractivity contribution >= 4 is 45.7 Å². The highest BCUT2D eigenvalue weighted by Gasteiger charge is 2.23. The standard InChI is InChI=1S/C43H47N9O5/c1-29-10-12-31(13-11-29)51-40(27-38(49-51)43(2,3)4)48-42(54)47-36-14-15-37(35-9-7-6-8-34(35)36)57-52(39-16-17-44-28-46-39)32-24-30(25-33(26-32)55-5)41(53)45-18-19-50-20-22-56-23-21-50/h6-17,24-28H,18-23H2,1-5H3,(H,45,53)(H2,47,48,54). The van der Waals surface area contributed by atoms with Gasteiger partial charge in [-0.15, -0.1) is 0 Å². The Balaban J connectivity index is 1.15. The van der Waals surface area contributed by atoms with Crippen molar-refractivity contribution in [3.8, 4) is 17.2 Å². The normalized spacial score (nSPS) is 13.2. The van der Waals surface area contributed by atoms with E-state index in [1.807, 2.05) is 61.5 Å². The molecule has 1 aliphatic rings. The lowest BCUT2D eigenvalue weighted by Crippen LogP contribution is -2.41. The molecule has 14 nitrogen and oxygen atoms in total. The zero-order valence-electron chi connectivity index (χ0n) is 32.8. The zero-order valence-corrected chi connectivity index (χ0v) is 32.8. The molecule has 14 heteroatoms. The molecule has 3 N–H and O–H groups in total. The van der Waals surface area contributed by atoms with Crippen molar-refractivity contribution in [2.45, 2.75) is 33.1 Å². The number of carbonyl (C=O) groups is 2. The van der Waals surface area contributed by atoms with Crippen LogP contribution in [0.25, 0.3) is 16.5 Å². The maximum absolute atomic E-state index is 13.7. The first-order valence-electron chi connectivity index (χ1n) is 18.8. The van der Waals surface area contributed by atoms with Crippen molar-refractivity contribution in [1.29, 1.82) is 0 Å². The molecule has 2 aromatic heterocycles. The number of carbonyl (C=O) groups excluding carboxylic acids is 2. The molecule has 1 saturated heterocycles. The van der Waals surface area contributed by atoms with E-state index in [2.05, 4.69) is 51.6 Å². The van der Waals surface area contributed by atoms with Crippen molar-refractivity contribution in [3.05, 3.63) is 120 Å². The minimum absolute atomic E-state index is 0.240. The third-order valence-electron chi connectivity index (χ3n) is 9.54. The maximum atomic E-state index is 13.7. The van der Waals surface area contributed by atoms with E-state index in [0.717, 1.165) is 47.4 Å². The minimum atomic E-state index is -0.433. The lowest BCUT2D eigenvalue weighted by molar-refractivity contribution is 0.0383. The number of nitrogens with one attached hydrogen (secondary N) is 3. The Hall–Kier alpha value is -6.51. The van der Waals surface area contributed by atoms with E-state index < -0.39 is 6.03 Å². The molecular formula is C43H47N9O5. The quantitative estimate of drug-likeness (QED) is 0.109. The second kappa shape index (κ2) is 17.1. The van der Waals surface area contributed by atoms with Crippen LogP contribution in [0, 0.1) is 6.92 Å². The zero-order chi connectivity index (χ0) is 39.9. The fourth-order valence-electron chi connectivity index (χ4n) is 6.39. The summed E-state index contributed by atoms with van der Waals surface area (Å²) < 4.78 is 12.8. The van der Waals surface area contributed by atoms with Crippen LogP contribution in [0.15, 0.2) is 104 Å². The number of aryl methyl sites for hydroxylation is 1. The number of fused-ring (bicyclic) bond motifs is 1. The van der Waals surface area contributed by atoms with E-state index in [1.165, 1.54) is 11.4 Å². The van der Waals surface area contributed by atoms with Gasteiger partial charge >= 0.3 is 6.03 Å². The number of anilines is 4. The summed E-state index contributed by atoms with van der Waals surface area (Å²) in [6, 6.07) is 27.5. The number of ether oxygens (including phenoxy) is 2. The number of nitrogens with zero attached hydrogens (tertiary/aromatic N) is 6. The predicted molar refractivity (Wildman–Crippen MR) is 221 cm³/mol. The Labute approximate surface area is 331 Å². The number of benzene rings is 4. The van der Waals surface area contributed by atoms with Crippen LogP contribution in [0.4, 0.5) is 27.8 Å². The monoisotopic (exact) mass is 769 g/mol. The summed E-state index contributed by atoms with van der Waals surface area (Å²) in [5.74, 6) is 1.64. The topological polar surface area (TPSA) is 148 Å². The molecule has 0 saturated carbocycles. The summed E-state index contributed by atoms with van der Waals surface area (Å²) >= 11 is 0. The molecule has 0 atom stereocenters. The highest BCUT2D eigenvalue weighted by molar-refractivity contribution is 6.07. The molecule has 7 rings (SSSR count). The molecule has 0 aliphatic carbocycles. The second-order valence-corrected chi connectivity index (χ2v) is 14.7. The lowest BCUT2D eigenvalue weighted by Gasteiger charge is -2.26. The van der Waals surface area contributed by atoms with Crippen LogP contribution in [-0.2, 0) is 10.2 Å². The van der Waals surface area contributed by atoms with Gasteiger partial charge in [0.2, 0.25) is 0 Å². The van der Waals surface area contributed by atoms with E-state index in [-0.39, 0.29) is 11.3 Å². The van der Waals surface area contributed by atoms with Crippen molar-refractivity contribution in [2.24, 2.45) is 0 Å². The molecule has 6 aromatic rings. The lowest BCUT2D eigenvalue weighted by atomic mass is 9.92. The van der Waals surface area contributed by atoms with Gasteiger partial charge in [-0.1, -0.05) is 62.7 Å². The number of hydrogen-bond acceptors (Lipinski definition) is 10. The van der Waals surface area contributed by atoms with Gasteiger partial charge in [0.05, 0.1) is 43.1 Å². The largest absolute Gasteiger partial charge is 0.497 e. The Morgan fingerprint density at radius 1 is 0.912 bits per heavy atom. The molecule has 0 bridgehead atoms. The van der Waals surface area contributed by atoms with E-state index in [1.54, 1.807) is 54.4 Å². The van der Waals surface area contributed by atoms with Crippen LogP contribution < -0.4 is 30.6 Å². The molecule has 294 valence electrons. The van der Waals surface area contributed by atoms with Crippen molar-refractivity contribution in [2.75, 3.05) is 62.2 Å². The van der Waals surface area contributed by atoms with E-state index in [0.29, 0.717) is 59.8 Å². The fourth-order valence-corrected chi connectivity index (χ4v) is 6.39. The van der Waals surface area contributed by atoms with Gasteiger partial charge < -0.3 is 24.9 Å². The Kier molecular flexibility index (Phi) is 11.6. The first kappa shape index (κ1) is 38.8. The number of rotatable bonds is 12. The second-order valence-electron chi connectivity index (χ2n) is 14.7. The average molecular weight is 770 g/mol. The number of methoxy groups -OCH3 is 1. The van der Waals surface area contributed by atoms with E-state index in [4.69, 9.17) is 19.4 Å². The average Bonchev–Trinajstić information content (AvgIpc) is 3.65. The van der Waals surface area contributed by atoms with Gasteiger partial charge in [-0.05, 0) is 43.3 Å². The third-order valence-corrected chi connectivity index (χ3v) is 9.54. The Morgan fingerprint density at radius 2 is 1.68 bits per heavy atom. The third kappa shape index (κ3) is 9.31. The summed E-state index contributed by atoms with van der Waals surface area (Å²) in [6.07, 6.45) is 3.03. The highest BCUT2D eigenvalue weighted by atomic mass is 16.7. The number of hydrogen-bond donors (Lipinski definition) is 3. The molecule has 57 heavy (non-hydrogen) atoms. The van der Waals surface area contributed by atoms with Gasteiger partial charge in [0.25, 0.3) is 5.91 Å². The van der Waals surface area contributed by atoms with Crippen molar-refractivity contribution in [1.82, 2.24) is 30.0 Å². The van der Waals surface area contributed by atoms with Gasteiger partial charge in [-0.2, -0.15) is 10.2 Å². The van der Waals surface area contributed by atoms with Crippen LogP contribution in [0.5, 0.6) is 11.5 Å². The van der Waals surface area contributed by atoms with Gasteiger partial charge in [-0.25, -0.2) is 19.4 Å². The van der Waals surface area contributed by atoms with Crippen molar-refractivity contribution in [3.63, 3.8) is 0 Å². The number of aromatic nitrogens is 4. The van der Waals surface area contributed by atoms with E-state index in [9.17, 15) is 9.59 Å². The van der Waals surface area contributed by atoms with Crippen LogP contribution in [0.3, 0.4) is 0 Å². The van der Waals surface area contributed by atoms with Gasteiger partial charge in [0, 0.05) is 72.3 Å². The highest BCUT2D eigenvalue weighted by Crippen LogP contribution is 2.36. The first-order valence-corrected chi connectivity index (χ1v) is 18.8. The molecule has 3 amide bonds. The smallest absolute Gasteiger partial charge is 0.324 e. The van der Waals surface area contributed by atoms with Gasteiger partial charge in [0.15, 0.2) is 11.6 Å². The molecule has 0 radical (unpaired) electrons. The molecule has 0 spiro atoms. The van der Waals surface area contributed by atoms with Gasteiger partial charge in [0.1, 0.15) is 17.9 Å². The van der Waals surface area contributed by atoms with Gasteiger partial charge in [-0.3, -0.25) is 15.0 Å². The van der Waals surface area contributed by atoms with Crippen LogP contribution in [0.1, 0.15) is 42.4 Å².